The van der Waals surface area contributed by atoms with Crippen molar-refractivity contribution in [2.75, 3.05) is 24.7 Å². The normalized spacial score (nSPS) is 34.4. The number of rotatable bonds is 4. The van der Waals surface area contributed by atoms with E-state index < -0.39 is 0 Å². The van der Waals surface area contributed by atoms with Gasteiger partial charge in [0.25, 0.3) is 0 Å². The van der Waals surface area contributed by atoms with Gasteiger partial charge in [-0.2, -0.15) is 11.8 Å². The molecule has 0 radical (unpaired) electrons. The second-order valence-corrected chi connectivity index (χ2v) is 9.16. The standard InChI is InChI=1S/C17H33NOS/c1-13(11-18-16(3,4)5)14(2)15-6-8-19-17(10-15)7-9-20-12-17/h13-15,18H,6-12H2,1-5H3. The van der Waals surface area contributed by atoms with Crippen molar-refractivity contribution in [3.63, 3.8) is 0 Å². The van der Waals surface area contributed by atoms with E-state index >= 15 is 0 Å². The van der Waals surface area contributed by atoms with Gasteiger partial charge in [0.2, 0.25) is 0 Å². The number of thioether (sulfide) groups is 1. The average molecular weight is 300 g/mol. The number of hydrogen-bond acceptors (Lipinski definition) is 3. The first-order chi connectivity index (χ1) is 9.31. The van der Waals surface area contributed by atoms with Gasteiger partial charge in [0.05, 0.1) is 5.60 Å². The minimum atomic E-state index is 0.229. The molecule has 1 spiro atoms. The molecule has 0 aromatic rings. The van der Waals surface area contributed by atoms with Gasteiger partial charge >= 0.3 is 0 Å². The molecule has 118 valence electrons. The van der Waals surface area contributed by atoms with Crippen LogP contribution in [-0.2, 0) is 4.74 Å². The van der Waals surface area contributed by atoms with E-state index in [9.17, 15) is 0 Å². The van der Waals surface area contributed by atoms with E-state index in [1.807, 2.05) is 0 Å². The van der Waals surface area contributed by atoms with Crippen LogP contribution in [0.1, 0.15) is 53.9 Å². The smallest absolute Gasteiger partial charge is 0.0783 e. The Morgan fingerprint density at radius 3 is 2.70 bits per heavy atom. The van der Waals surface area contributed by atoms with Gasteiger partial charge < -0.3 is 10.1 Å². The summed E-state index contributed by atoms with van der Waals surface area (Å²) in [6, 6.07) is 0. The van der Waals surface area contributed by atoms with Crippen molar-refractivity contribution < 1.29 is 4.74 Å². The maximum absolute atomic E-state index is 6.16. The Morgan fingerprint density at radius 1 is 1.35 bits per heavy atom. The molecule has 2 saturated heterocycles. The van der Waals surface area contributed by atoms with Crippen LogP contribution in [0.15, 0.2) is 0 Å². The van der Waals surface area contributed by atoms with Crippen molar-refractivity contribution in [2.45, 2.75) is 65.0 Å². The lowest BCUT2D eigenvalue weighted by atomic mass is 9.74. The Hall–Kier alpha value is 0.270. The zero-order valence-corrected chi connectivity index (χ0v) is 14.8. The van der Waals surface area contributed by atoms with Crippen LogP contribution in [0.5, 0.6) is 0 Å². The summed E-state index contributed by atoms with van der Waals surface area (Å²) in [5, 5.41) is 3.67. The first-order valence-corrected chi connectivity index (χ1v) is 9.44. The van der Waals surface area contributed by atoms with Crippen LogP contribution in [0.4, 0.5) is 0 Å². The number of nitrogens with one attached hydrogen (secondary N) is 1. The summed E-state index contributed by atoms with van der Waals surface area (Å²) in [6.45, 7) is 13.7. The SMILES string of the molecule is CC(CNC(C)(C)C)C(C)C1CCOC2(CCSC2)C1. The van der Waals surface area contributed by atoms with Crippen LogP contribution in [0.2, 0.25) is 0 Å². The van der Waals surface area contributed by atoms with Gasteiger partial charge in [-0.3, -0.25) is 0 Å². The highest BCUT2D eigenvalue weighted by Crippen LogP contribution is 2.43. The molecule has 0 aromatic carbocycles. The molecule has 2 aliphatic heterocycles. The van der Waals surface area contributed by atoms with Crippen molar-refractivity contribution in [2.24, 2.45) is 17.8 Å². The van der Waals surface area contributed by atoms with E-state index in [-0.39, 0.29) is 11.1 Å². The van der Waals surface area contributed by atoms with Crippen LogP contribution in [0.3, 0.4) is 0 Å². The van der Waals surface area contributed by atoms with Gasteiger partial charge in [-0.15, -0.1) is 0 Å². The Kier molecular flexibility index (Phi) is 5.47. The summed E-state index contributed by atoms with van der Waals surface area (Å²) in [6.07, 6.45) is 3.82. The van der Waals surface area contributed by atoms with Gasteiger partial charge in [-0.1, -0.05) is 13.8 Å². The topological polar surface area (TPSA) is 21.3 Å². The van der Waals surface area contributed by atoms with Crippen LogP contribution in [0, 0.1) is 17.8 Å². The maximum atomic E-state index is 6.16. The van der Waals surface area contributed by atoms with E-state index in [0.717, 1.165) is 30.9 Å². The monoisotopic (exact) mass is 299 g/mol. The third-order valence-corrected chi connectivity index (χ3v) is 6.42. The largest absolute Gasteiger partial charge is 0.374 e. The zero-order valence-electron chi connectivity index (χ0n) is 14.0. The van der Waals surface area contributed by atoms with E-state index in [1.165, 1.54) is 30.8 Å². The summed E-state index contributed by atoms with van der Waals surface area (Å²) in [7, 11) is 0. The summed E-state index contributed by atoms with van der Waals surface area (Å²) in [5.74, 6) is 4.89. The second kappa shape index (κ2) is 6.58. The third kappa shape index (κ3) is 4.38. The molecule has 2 aliphatic rings. The second-order valence-electron chi connectivity index (χ2n) is 8.05. The van der Waals surface area contributed by atoms with Crippen molar-refractivity contribution in [3.05, 3.63) is 0 Å². The zero-order chi connectivity index (χ0) is 14.8. The van der Waals surface area contributed by atoms with Crippen LogP contribution < -0.4 is 5.32 Å². The van der Waals surface area contributed by atoms with E-state index in [2.05, 4.69) is 51.7 Å². The fraction of sp³-hybridized carbons (Fsp3) is 1.00. The number of hydrogen-bond donors (Lipinski definition) is 1. The molecular formula is C17H33NOS. The highest BCUT2D eigenvalue weighted by atomic mass is 32.2. The average Bonchev–Trinajstić information content (AvgIpc) is 2.82. The van der Waals surface area contributed by atoms with Crippen molar-refractivity contribution in [3.8, 4) is 0 Å². The molecule has 20 heavy (non-hydrogen) atoms. The minimum absolute atomic E-state index is 0.229. The lowest BCUT2D eigenvalue weighted by Crippen LogP contribution is -2.44. The van der Waals surface area contributed by atoms with E-state index in [1.54, 1.807) is 0 Å². The molecule has 2 heterocycles. The van der Waals surface area contributed by atoms with Gasteiger partial charge in [-0.05, 0) is 70.1 Å². The molecule has 2 rings (SSSR count). The molecule has 3 heteroatoms. The van der Waals surface area contributed by atoms with Crippen LogP contribution in [-0.4, -0.2) is 35.8 Å². The summed E-state index contributed by atoms with van der Waals surface area (Å²) >= 11 is 2.08. The van der Waals surface area contributed by atoms with Gasteiger partial charge in [0, 0.05) is 17.9 Å². The molecule has 0 aliphatic carbocycles. The molecule has 0 bridgehead atoms. The van der Waals surface area contributed by atoms with Gasteiger partial charge in [-0.25, -0.2) is 0 Å². The van der Waals surface area contributed by atoms with Crippen molar-refractivity contribution >= 4 is 11.8 Å². The van der Waals surface area contributed by atoms with Crippen LogP contribution >= 0.6 is 11.8 Å². The number of ether oxygens (including phenoxy) is 1. The van der Waals surface area contributed by atoms with Crippen molar-refractivity contribution in [1.82, 2.24) is 5.32 Å². The van der Waals surface area contributed by atoms with Gasteiger partial charge in [0.15, 0.2) is 0 Å². The van der Waals surface area contributed by atoms with E-state index in [0.29, 0.717) is 0 Å². The summed E-state index contributed by atoms with van der Waals surface area (Å²) < 4.78 is 6.16. The Labute approximate surface area is 129 Å². The Bertz CT molecular complexity index is 307. The molecular weight excluding hydrogens is 266 g/mol. The lowest BCUT2D eigenvalue weighted by Gasteiger charge is -2.42. The molecule has 4 atom stereocenters. The third-order valence-electron chi connectivity index (χ3n) is 5.19. The molecule has 0 aromatic heterocycles. The predicted molar refractivity (Wildman–Crippen MR) is 89.4 cm³/mol. The van der Waals surface area contributed by atoms with Gasteiger partial charge in [0.1, 0.15) is 0 Å². The summed E-state index contributed by atoms with van der Waals surface area (Å²) in [4.78, 5) is 0. The molecule has 2 fully saturated rings. The highest BCUT2D eigenvalue weighted by molar-refractivity contribution is 7.99. The quantitative estimate of drug-likeness (QED) is 0.849. The molecule has 0 amide bonds. The summed E-state index contributed by atoms with van der Waals surface area (Å²) in [5.41, 5.74) is 0.464. The highest BCUT2D eigenvalue weighted by Gasteiger charge is 2.42. The minimum Gasteiger partial charge on any atom is -0.374 e. The maximum Gasteiger partial charge on any atom is 0.0783 e. The first kappa shape index (κ1) is 16.6. The van der Waals surface area contributed by atoms with Crippen LogP contribution in [0.25, 0.3) is 0 Å². The fourth-order valence-electron chi connectivity index (χ4n) is 3.50. The Balaban J connectivity index is 1.86. The lowest BCUT2D eigenvalue weighted by molar-refractivity contribution is -0.0915. The van der Waals surface area contributed by atoms with Crippen molar-refractivity contribution in [1.29, 1.82) is 0 Å². The molecule has 1 N–H and O–H groups in total. The van der Waals surface area contributed by atoms with E-state index in [4.69, 9.17) is 4.74 Å². The Morgan fingerprint density at radius 2 is 2.10 bits per heavy atom. The predicted octanol–water partition coefficient (Wildman–Crippen LogP) is 3.95. The first-order valence-electron chi connectivity index (χ1n) is 8.28. The fourth-order valence-corrected chi connectivity index (χ4v) is 4.87. The molecule has 4 unspecified atom stereocenters. The molecule has 2 nitrogen and oxygen atoms in total. The molecule has 0 saturated carbocycles.